The highest BCUT2D eigenvalue weighted by molar-refractivity contribution is 5.94. The number of carbonyl (C=O) groups is 2. The molecule has 4 aromatic carbocycles. The molecule has 2 heteroatoms. The van der Waals surface area contributed by atoms with Gasteiger partial charge in [0, 0.05) is 11.1 Å². The molecule has 0 spiro atoms. The van der Waals surface area contributed by atoms with Crippen molar-refractivity contribution in [3.63, 3.8) is 0 Å². The summed E-state index contributed by atoms with van der Waals surface area (Å²) in [6.07, 6.45) is 6.36. The summed E-state index contributed by atoms with van der Waals surface area (Å²) in [7, 11) is 0. The number of hydrogen-bond acceptors (Lipinski definition) is 2. The maximum absolute atomic E-state index is 10.8. The molecular formula is C40H48O2. The van der Waals surface area contributed by atoms with E-state index in [0.717, 1.165) is 29.4 Å². The minimum Gasteiger partial charge on any atom is -0.298 e. The fraction of sp³-hybridized carbons (Fsp3) is 0.300. The zero-order valence-electron chi connectivity index (χ0n) is 27.5. The van der Waals surface area contributed by atoms with Crippen LogP contribution in [0.2, 0.25) is 0 Å². The van der Waals surface area contributed by atoms with Crippen molar-refractivity contribution in [2.24, 2.45) is 0 Å². The maximum Gasteiger partial charge on any atom is 0.159 e. The Bertz CT molecular complexity index is 1550. The molecule has 0 amide bonds. The number of benzene rings is 4. The molecule has 0 unspecified atom stereocenters. The van der Waals surface area contributed by atoms with Crippen molar-refractivity contribution in [3.05, 3.63) is 139 Å². The van der Waals surface area contributed by atoms with Crippen molar-refractivity contribution < 1.29 is 9.59 Å². The van der Waals surface area contributed by atoms with Crippen LogP contribution >= 0.6 is 0 Å². The molecule has 0 atom stereocenters. The van der Waals surface area contributed by atoms with Crippen LogP contribution < -0.4 is 0 Å². The van der Waals surface area contributed by atoms with Crippen molar-refractivity contribution in [2.75, 3.05) is 0 Å². The molecule has 220 valence electrons. The van der Waals surface area contributed by atoms with E-state index in [1.54, 1.807) is 6.92 Å². The number of ketones is 1. The topological polar surface area (TPSA) is 34.1 Å². The van der Waals surface area contributed by atoms with Gasteiger partial charge < -0.3 is 0 Å². The molecule has 42 heavy (non-hydrogen) atoms. The smallest absolute Gasteiger partial charge is 0.159 e. The van der Waals surface area contributed by atoms with Gasteiger partial charge in [0.1, 0.15) is 6.29 Å². The summed E-state index contributed by atoms with van der Waals surface area (Å²) < 4.78 is 0. The van der Waals surface area contributed by atoms with E-state index in [1.807, 2.05) is 44.2 Å². The molecule has 0 bridgehead atoms. The van der Waals surface area contributed by atoms with Gasteiger partial charge in [-0.05, 0) is 143 Å². The van der Waals surface area contributed by atoms with Crippen molar-refractivity contribution in [3.8, 4) is 0 Å². The SMILES string of the molecule is CCc1ccc(C(C)=O)cc1.Cc1cc(C=O)c(C)c(C)c1C.Cc1ccc(/C=C/c2cc(C)c(C)c(C)c2C)cc1. The summed E-state index contributed by atoms with van der Waals surface area (Å²) in [5, 5.41) is 0. The second-order valence-electron chi connectivity index (χ2n) is 11.3. The van der Waals surface area contributed by atoms with Gasteiger partial charge in [-0.15, -0.1) is 0 Å². The molecule has 0 heterocycles. The molecule has 0 aromatic heterocycles. The summed E-state index contributed by atoms with van der Waals surface area (Å²) >= 11 is 0. The lowest BCUT2D eigenvalue weighted by atomic mass is 9.94. The third-order valence-electron chi connectivity index (χ3n) is 8.47. The third-order valence-corrected chi connectivity index (χ3v) is 8.47. The van der Waals surface area contributed by atoms with E-state index >= 15 is 0 Å². The normalized spacial score (nSPS) is 10.5. The lowest BCUT2D eigenvalue weighted by Crippen LogP contribution is -1.96. The van der Waals surface area contributed by atoms with Gasteiger partial charge in [0.15, 0.2) is 5.78 Å². The molecule has 0 saturated heterocycles. The van der Waals surface area contributed by atoms with Gasteiger partial charge in [0.25, 0.3) is 0 Å². The highest BCUT2D eigenvalue weighted by Gasteiger charge is 2.06. The van der Waals surface area contributed by atoms with E-state index in [1.165, 1.54) is 61.2 Å². The average molecular weight is 561 g/mol. The van der Waals surface area contributed by atoms with Gasteiger partial charge in [-0.2, -0.15) is 0 Å². The van der Waals surface area contributed by atoms with E-state index in [9.17, 15) is 9.59 Å². The van der Waals surface area contributed by atoms with Crippen molar-refractivity contribution >= 4 is 24.2 Å². The number of carbonyl (C=O) groups excluding carboxylic acids is 2. The number of aryl methyl sites for hydroxylation is 4. The molecule has 0 fully saturated rings. The highest BCUT2D eigenvalue weighted by Crippen LogP contribution is 2.23. The Balaban J connectivity index is 0.000000233. The molecule has 0 aliphatic carbocycles. The van der Waals surface area contributed by atoms with E-state index in [-0.39, 0.29) is 5.78 Å². The van der Waals surface area contributed by atoms with Crippen molar-refractivity contribution in [2.45, 2.75) is 82.6 Å². The first-order valence-electron chi connectivity index (χ1n) is 14.7. The van der Waals surface area contributed by atoms with Crippen LogP contribution in [0.25, 0.3) is 12.2 Å². The molecule has 2 nitrogen and oxygen atoms in total. The Morgan fingerprint density at radius 1 is 0.595 bits per heavy atom. The van der Waals surface area contributed by atoms with Crippen LogP contribution in [0.4, 0.5) is 0 Å². The van der Waals surface area contributed by atoms with E-state index < -0.39 is 0 Å². The Kier molecular flexibility index (Phi) is 12.9. The summed E-state index contributed by atoms with van der Waals surface area (Å²) in [6.45, 7) is 22.8. The van der Waals surface area contributed by atoms with Gasteiger partial charge >= 0.3 is 0 Å². The van der Waals surface area contributed by atoms with Crippen molar-refractivity contribution in [1.29, 1.82) is 0 Å². The molecule has 0 saturated carbocycles. The van der Waals surface area contributed by atoms with E-state index in [4.69, 9.17) is 0 Å². The fourth-order valence-electron chi connectivity index (χ4n) is 4.62. The fourth-order valence-corrected chi connectivity index (χ4v) is 4.62. The van der Waals surface area contributed by atoms with Gasteiger partial charge in [0.2, 0.25) is 0 Å². The van der Waals surface area contributed by atoms with Crippen LogP contribution in [-0.2, 0) is 6.42 Å². The van der Waals surface area contributed by atoms with Crippen LogP contribution in [-0.4, -0.2) is 12.1 Å². The zero-order chi connectivity index (χ0) is 31.6. The average Bonchev–Trinajstić information content (AvgIpc) is 2.99. The Morgan fingerprint density at radius 3 is 1.52 bits per heavy atom. The van der Waals surface area contributed by atoms with Crippen LogP contribution in [0.3, 0.4) is 0 Å². The first kappa shape index (κ1) is 34.2. The second kappa shape index (κ2) is 15.8. The second-order valence-corrected chi connectivity index (χ2v) is 11.3. The Labute approximate surface area is 254 Å². The predicted octanol–water partition coefficient (Wildman–Crippen LogP) is 10.6. The monoisotopic (exact) mass is 560 g/mol. The first-order valence-corrected chi connectivity index (χ1v) is 14.7. The summed E-state index contributed by atoms with van der Waals surface area (Å²) in [5.74, 6) is 0.132. The van der Waals surface area contributed by atoms with E-state index in [0.29, 0.717) is 0 Å². The van der Waals surface area contributed by atoms with Gasteiger partial charge in [-0.25, -0.2) is 0 Å². The number of Topliss-reactive ketones (excluding diaryl/α,β-unsaturated/α-hetero) is 1. The van der Waals surface area contributed by atoms with Gasteiger partial charge in [-0.3, -0.25) is 9.59 Å². The molecule has 0 N–H and O–H groups in total. The lowest BCUT2D eigenvalue weighted by molar-refractivity contribution is 0.101. The first-order chi connectivity index (χ1) is 19.8. The standard InChI is InChI=1S/C19H22.C11H14O.C10H12O/c1-13-6-8-18(9-7-13)10-11-19-12-14(2)15(3)16(4)17(19)5;1-7-5-11(6-12)10(4)9(3)8(7)2;1-3-9-4-6-10(7-5-9)8(2)11/h6-12H,1-5H3;5-6H,1-4H3;4-7H,3H2,1-2H3/b11-10+;;. The van der Waals surface area contributed by atoms with Crippen molar-refractivity contribution in [1.82, 2.24) is 0 Å². The number of aldehydes is 1. The maximum atomic E-state index is 10.8. The largest absolute Gasteiger partial charge is 0.298 e. The van der Waals surface area contributed by atoms with Crippen LogP contribution in [0, 0.1) is 62.3 Å². The highest BCUT2D eigenvalue weighted by atomic mass is 16.1. The molecule has 0 aliphatic heterocycles. The minimum absolute atomic E-state index is 0.132. The van der Waals surface area contributed by atoms with Gasteiger partial charge in [-0.1, -0.05) is 79.2 Å². The number of hydrogen-bond donors (Lipinski definition) is 0. The molecule has 4 rings (SSSR count). The van der Waals surface area contributed by atoms with Gasteiger partial charge in [0.05, 0.1) is 0 Å². The number of rotatable bonds is 5. The molecule has 0 radical (unpaired) electrons. The summed E-state index contributed by atoms with van der Waals surface area (Å²) in [4.78, 5) is 21.5. The summed E-state index contributed by atoms with van der Waals surface area (Å²) in [5.41, 5.74) is 17.1. The minimum atomic E-state index is 0.132. The Hall–Kier alpha value is -4.04. The molecule has 0 aliphatic rings. The third kappa shape index (κ3) is 9.24. The zero-order valence-corrected chi connectivity index (χ0v) is 27.5. The summed E-state index contributed by atoms with van der Waals surface area (Å²) in [6, 6.07) is 20.6. The molecule has 4 aromatic rings. The van der Waals surface area contributed by atoms with Crippen LogP contribution in [0.1, 0.15) is 101 Å². The van der Waals surface area contributed by atoms with E-state index in [2.05, 4.69) is 97.9 Å². The van der Waals surface area contributed by atoms with Crippen LogP contribution in [0.15, 0.2) is 60.7 Å². The predicted molar refractivity (Wildman–Crippen MR) is 182 cm³/mol. The Morgan fingerprint density at radius 2 is 1.07 bits per heavy atom. The molecular weight excluding hydrogens is 512 g/mol. The lowest BCUT2D eigenvalue weighted by Gasteiger charge is -2.11. The quantitative estimate of drug-likeness (QED) is 0.138. The van der Waals surface area contributed by atoms with Crippen LogP contribution in [0.5, 0.6) is 0 Å².